The summed E-state index contributed by atoms with van der Waals surface area (Å²) < 4.78 is 10.1. The smallest absolute Gasteiger partial charge is 0.359 e. The number of nitrogen functional groups attached to an aromatic ring is 1. The molecule has 7 nitrogen and oxygen atoms in total. The molecule has 10 heteroatoms. The summed E-state index contributed by atoms with van der Waals surface area (Å²) in [6.07, 6.45) is 0. The quantitative estimate of drug-likeness (QED) is 0.566. The fourth-order valence-electron chi connectivity index (χ4n) is 1.97. The minimum absolute atomic E-state index is 0.0718. The van der Waals surface area contributed by atoms with Gasteiger partial charge in [0.1, 0.15) is 10.8 Å². The Kier molecular flexibility index (Phi) is 6.52. The fourth-order valence-corrected chi connectivity index (χ4v) is 2.56. The maximum Gasteiger partial charge on any atom is 0.359 e. The lowest BCUT2D eigenvalue weighted by Crippen LogP contribution is -2.22. The Morgan fingerprint density at radius 1 is 1.23 bits per heavy atom. The van der Waals surface area contributed by atoms with E-state index in [-0.39, 0.29) is 26.6 Å². The SMILES string of the molecule is COc1ccc(C)cc1NC(=O)COC(=O)c1nc(Cl)c(Cl)c(N)c1Cl. The van der Waals surface area contributed by atoms with Gasteiger partial charge in [0.15, 0.2) is 17.5 Å². The fraction of sp³-hybridized carbons (Fsp3) is 0.188. The Hall–Kier alpha value is -2.22. The van der Waals surface area contributed by atoms with Crippen LogP contribution in [0, 0.1) is 6.92 Å². The number of ether oxygens (including phenoxy) is 2. The monoisotopic (exact) mass is 417 g/mol. The van der Waals surface area contributed by atoms with Crippen molar-refractivity contribution < 1.29 is 19.1 Å². The summed E-state index contributed by atoms with van der Waals surface area (Å²) in [4.78, 5) is 27.8. The maximum absolute atomic E-state index is 12.1. The third-order valence-corrected chi connectivity index (χ3v) is 4.36. The average molecular weight is 419 g/mol. The number of methoxy groups -OCH3 is 1. The van der Waals surface area contributed by atoms with Crippen LogP contribution in [-0.2, 0) is 9.53 Å². The Labute approximate surface area is 164 Å². The second kappa shape index (κ2) is 8.44. The summed E-state index contributed by atoms with van der Waals surface area (Å²) in [5.74, 6) is -1.07. The number of nitrogens with one attached hydrogen (secondary N) is 1. The summed E-state index contributed by atoms with van der Waals surface area (Å²) in [6.45, 7) is 1.28. The van der Waals surface area contributed by atoms with Crippen LogP contribution in [0.5, 0.6) is 5.75 Å². The second-order valence-corrected chi connectivity index (χ2v) is 6.23. The number of rotatable bonds is 5. The van der Waals surface area contributed by atoms with Gasteiger partial charge in [-0.1, -0.05) is 40.9 Å². The molecule has 0 aliphatic heterocycles. The van der Waals surface area contributed by atoms with Gasteiger partial charge >= 0.3 is 5.97 Å². The number of aryl methyl sites for hydroxylation is 1. The van der Waals surface area contributed by atoms with Crippen molar-refractivity contribution in [3.05, 3.63) is 44.7 Å². The predicted octanol–water partition coefficient (Wildman–Crippen LogP) is 3.74. The molecule has 3 N–H and O–H groups in total. The number of esters is 1. The molecular weight excluding hydrogens is 405 g/mol. The minimum atomic E-state index is -0.966. The number of carbonyl (C=O) groups is 2. The Balaban J connectivity index is 2.06. The molecule has 0 bridgehead atoms. The summed E-state index contributed by atoms with van der Waals surface area (Å²) >= 11 is 17.5. The topological polar surface area (TPSA) is 104 Å². The third-order valence-electron chi connectivity index (χ3n) is 3.23. The van der Waals surface area contributed by atoms with Gasteiger partial charge < -0.3 is 20.5 Å². The van der Waals surface area contributed by atoms with Crippen LogP contribution in [0.4, 0.5) is 11.4 Å². The van der Waals surface area contributed by atoms with Crippen molar-refractivity contribution in [3.63, 3.8) is 0 Å². The first-order valence-corrected chi connectivity index (χ1v) is 8.29. The lowest BCUT2D eigenvalue weighted by Gasteiger charge is -2.12. The molecule has 0 radical (unpaired) electrons. The minimum Gasteiger partial charge on any atom is -0.495 e. The standard InChI is InChI=1S/C16H14Cl3N3O4/c1-7-3-4-9(25-2)8(5-7)21-10(23)6-26-16(24)14-11(17)13(20)12(18)15(19)22-14/h3-5H,6H2,1-2H3,(H2,20,22)(H,21,23). The van der Waals surface area contributed by atoms with E-state index in [0.717, 1.165) is 5.56 Å². The van der Waals surface area contributed by atoms with Crippen LogP contribution in [0.15, 0.2) is 18.2 Å². The molecular formula is C16H14Cl3N3O4. The first kappa shape index (κ1) is 20.1. The molecule has 2 aromatic rings. The zero-order valence-electron chi connectivity index (χ0n) is 13.7. The summed E-state index contributed by atoms with van der Waals surface area (Å²) in [6, 6.07) is 5.26. The number of carbonyl (C=O) groups excluding carboxylic acids is 2. The molecule has 0 unspecified atom stereocenters. The maximum atomic E-state index is 12.1. The van der Waals surface area contributed by atoms with Crippen LogP contribution in [0.3, 0.4) is 0 Å². The molecule has 26 heavy (non-hydrogen) atoms. The van der Waals surface area contributed by atoms with Gasteiger partial charge in [0, 0.05) is 0 Å². The number of benzene rings is 1. The van der Waals surface area contributed by atoms with E-state index in [2.05, 4.69) is 10.3 Å². The molecule has 1 aromatic carbocycles. The number of hydrogen-bond acceptors (Lipinski definition) is 6. The van der Waals surface area contributed by atoms with E-state index in [4.69, 9.17) is 50.0 Å². The Morgan fingerprint density at radius 3 is 2.58 bits per heavy atom. The van der Waals surface area contributed by atoms with Crippen LogP contribution in [-0.4, -0.2) is 30.6 Å². The highest BCUT2D eigenvalue weighted by molar-refractivity contribution is 6.46. The number of hydrogen-bond donors (Lipinski definition) is 2. The summed E-state index contributed by atoms with van der Waals surface area (Å²) in [5, 5.41) is 2.11. The second-order valence-electron chi connectivity index (χ2n) is 5.12. The number of nitrogens with zero attached hydrogens (tertiary/aromatic N) is 1. The zero-order valence-corrected chi connectivity index (χ0v) is 16.0. The van der Waals surface area contributed by atoms with E-state index in [1.54, 1.807) is 12.1 Å². The number of amides is 1. The van der Waals surface area contributed by atoms with Crippen molar-refractivity contribution in [1.82, 2.24) is 4.98 Å². The van der Waals surface area contributed by atoms with Crippen LogP contribution in [0.2, 0.25) is 15.2 Å². The number of pyridine rings is 1. The number of nitrogens with two attached hydrogens (primary N) is 1. The van der Waals surface area contributed by atoms with E-state index in [0.29, 0.717) is 11.4 Å². The van der Waals surface area contributed by atoms with Crippen LogP contribution < -0.4 is 15.8 Å². The highest BCUT2D eigenvalue weighted by atomic mass is 35.5. The molecule has 1 aromatic heterocycles. The molecule has 0 spiro atoms. The molecule has 1 heterocycles. The first-order valence-electron chi connectivity index (χ1n) is 7.16. The van der Waals surface area contributed by atoms with E-state index >= 15 is 0 Å². The van der Waals surface area contributed by atoms with Gasteiger partial charge in [-0.15, -0.1) is 0 Å². The predicted molar refractivity (Wildman–Crippen MR) is 100 cm³/mol. The van der Waals surface area contributed by atoms with Crippen molar-refractivity contribution in [1.29, 1.82) is 0 Å². The number of halogens is 3. The molecule has 2 rings (SSSR count). The van der Waals surface area contributed by atoms with Crippen molar-refractivity contribution in [2.45, 2.75) is 6.92 Å². The van der Waals surface area contributed by atoms with Crippen molar-refractivity contribution in [2.75, 3.05) is 24.8 Å². The number of anilines is 2. The van der Waals surface area contributed by atoms with Crippen LogP contribution >= 0.6 is 34.8 Å². The average Bonchev–Trinajstić information content (AvgIpc) is 2.61. The van der Waals surface area contributed by atoms with Gasteiger partial charge in [-0.25, -0.2) is 9.78 Å². The van der Waals surface area contributed by atoms with Gasteiger partial charge in [0.2, 0.25) is 0 Å². The first-order chi connectivity index (χ1) is 12.2. The van der Waals surface area contributed by atoms with Gasteiger partial charge in [-0.05, 0) is 24.6 Å². The lowest BCUT2D eigenvalue weighted by molar-refractivity contribution is -0.119. The molecule has 0 aliphatic rings. The van der Waals surface area contributed by atoms with Gasteiger partial charge in [-0.3, -0.25) is 4.79 Å². The van der Waals surface area contributed by atoms with E-state index in [1.165, 1.54) is 7.11 Å². The number of aromatic nitrogens is 1. The van der Waals surface area contributed by atoms with Gasteiger partial charge in [-0.2, -0.15) is 0 Å². The highest BCUT2D eigenvalue weighted by Crippen LogP contribution is 2.34. The molecule has 0 aliphatic carbocycles. The lowest BCUT2D eigenvalue weighted by atomic mass is 10.2. The van der Waals surface area contributed by atoms with E-state index < -0.39 is 18.5 Å². The molecule has 138 valence electrons. The Bertz CT molecular complexity index is 874. The normalized spacial score (nSPS) is 10.3. The van der Waals surface area contributed by atoms with Crippen LogP contribution in [0.25, 0.3) is 0 Å². The molecule has 1 amide bonds. The van der Waals surface area contributed by atoms with Crippen LogP contribution in [0.1, 0.15) is 16.1 Å². The molecule has 0 saturated heterocycles. The van der Waals surface area contributed by atoms with Gasteiger partial charge in [0.05, 0.1) is 23.5 Å². The summed E-state index contributed by atoms with van der Waals surface area (Å²) in [7, 11) is 1.47. The van der Waals surface area contributed by atoms with E-state index in [1.807, 2.05) is 13.0 Å². The largest absolute Gasteiger partial charge is 0.495 e. The summed E-state index contributed by atoms with van der Waals surface area (Å²) in [5.41, 5.74) is 6.56. The van der Waals surface area contributed by atoms with Crippen molar-refractivity contribution in [2.24, 2.45) is 0 Å². The molecule has 0 fully saturated rings. The zero-order chi connectivity index (χ0) is 19.4. The Morgan fingerprint density at radius 2 is 1.92 bits per heavy atom. The van der Waals surface area contributed by atoms with E-state index in [9.17, 15) is 9.59 Å². The highest BCUT2D eigenvalue weighted by Gasteiger charge is 2.22. The van der Waals surface area contributed by atoms with Crippen molar-refractivity contribution >= 4 is 58.1 Å². The third kappa shape index (κ3) is 4.49. The van der Waals surface area contributed by atoms with Gasteiger partial charge in [0.25, 0.3) is 5.91 Å². The molecule has 0 atom stereocenters. The molecule has 0 saturated carbocycles. The van der Waals surface area contributed by atoms with Crippen molar-refractivity contribution in [3.8, 4) is 5.75 Å².